The van der Waals surface area contributed by atoms with Crippen LogP contribution in [0.4, 0.5) is 4.79 Å². The number of methoxy groups -OCH3 is 1. The maximum atomic E-state index is 12.5. The molecule has 8 nitrogen and oxygen atoms in total. The third kappa shape index (κ3) is 6.67. The molecule has 1 aromatic carbocycles. The van der Waals surface area contributed by atoms with Crippen LogP contribution in [0.2, 0.25) is 25.7 Å². The summed E-state index contributed by atoms with van der Waals surface area (Å²) in [5.74, 6) is -0.716. The van der Waals surface area contributed by atoms with Gasteiger partial charge in [0.1, 0.15) is 12.4 Å². The number of esters is 1. The molecule has 0 aliphatic heterocycles. The molecular formula is C23H35N3O5Si. The summed E-state index contributed by atoms with van der Waals surface area (Å²) in [6.45, 7) is 15.1. The van der Waals surface area contributed by atoms with E-state index < -0.39 is 25.7 Å². The molecule has 0 radical (unpaired) electrons. The topological polar surface area (TPSA) is 93.9 Å². The van der Waals surface area contributed by atoms with E-state index in [2.05, 4.69) is 24.7 Å². The molecule has 0 fully saturated rings. The molecule has 0 saturated heterocycles. The zero-order valence-corrected chi connectivity index (χ0v) is 21.4. The number of carbonyl (C=O) groups is 2. The van der Waals surface area contributed by atoms with Crippen molar-refractivity contribution in [2.24, 2.45) is 0 Å². The lowest BCUT2D eigenvalue weighted by Crippen LogP contribution is -2.46. The number of hydrogen-bond acceptors (Lipinski definition) is 5. The van der Waals surface area contributed by atoms with Crippen LogP contribution in [0, 0.1) is 6.92 Å². The number of nitrogens with zero attached hydrogens (tertiary/aromatic N) is 3. The maximum Gasteiger partial charge on any atom is 0.412 e. The molecule has 0 unspecified atom stereocenters. The van der Waals surface area contributed by atoms with Gasteiger partial charge in [0.15, 0.2) is 0 Å². The van der Waals surface area contributed by atoms with E-state index in [1.54, 1.807) is 31.5 Å². The Balaban J connectivity index is 2.39. The van der Waals surface area contributed by atoms with Crippen molar-refractivity contribution in [3.63, 3.8) is 0 Å². The third-order valence-electron chi connectivity index (χ3n) is 4.89. The molecule has 0 saturated carbocycles. The quantitative estimate of drug-likeness (QED) is 0.259. The molecule has 9 heteroatoms. The van der Waals surface area contributed by atoms with E-state index in [1.165, 1.54) is 7.11 Å². The number of amides is 1. The fraction of sp³-hybridized carbons (Fsp3) is 0.522. The van der Waals surface area contributed by atoms with E-state index in [4.69, 9.17) is 9.47 Å². The zero-order chi connectivity index (χ0) is 24.3. The van der Waals surface area contributed by atoms with Crippen LogP contribution >= 0.6 is 0 Å². The molecule has 1 amide bonds. The monoisotopic (exact) mass is 461 g/mol. The van der Waals surface area contributed by atoms with Crippen LogP contribution in [0.1, 0.15) is 31.9 Å². The lowest BCUT2D eigenvalue weighted by atomic mass is 10.0. The van der Waals surface area contributed by atoms with Gasteiger partial charge in [0, 0.05) is 31.8 Å². The summed E-state index contributed by atoms with van der Waals surface area (Å²) >= 11 is 0. The van der Waals surface area contributed by atoms with E-state index in [0.717, 1.165) is 27.4 Å². The first-order valence-electron chi connectivity index (χ1n) is 10.6. The van der Waals surface area contributed by atoms with Crippen LogP contribution in [-0.2, 0) is 21.0 Å². The van der Waals surface area contributed by atoms with E-state index in [9.17, 15) is 14.7 Å². The van der Waals surface area contributed by atoms with Gasteiger partial charge in [-0.05, 0) is 63.1 Å². The average molecular weight is 462 g/mol. The van der Waals surface area contributed by atoms with Gasteiger partial charge in [0.05, 0.1) is 12.6 Å². The maximum absolute atomic E-state index is 12.5. The Morgan fingerprint density at radius 3 is 2.44 bits per heavy atom. The molecule has 0 aliphatic rings. The number of carboxylic acid groups (broad SMARTS) is 1. The van der Waals surface area contributed by atoms with Gasteiger partial charge in [0.2, 0.25) is 0 Å². The minimum Gasteiger partial charge on any atom is -0.465 e. The number of ether oxygens (including phenoxy) is 2. The molecule has 0 atom stereocenters. The lowest BCUT2D eigenvalue weighted by molar-refractivity contribution is -0.138. The fourth-order valence-corrected chi connectivity index (χ4v) is 4.06. The van der Waals surface area contributed by atoms with Crippen molar-refractivity contribution < 1.29 is 24.2 Å². The normalized spacial score (nSPS) is 12.8. The van der Waals surface area contributed by atoms with Gasteiger partial charge < -0.3 is 14.6 Å². The summed E-state index contributed by atoms with van der Waals surface area (Å²) in [4.78, 5) is 25.4. The highest BCUT2D eigenvalue weighted by Crippen LogP contribution is 2.26. The Bertz CT molecular complexity index is 1020. The predicted molar refractivity (Wildman–Crippen MR) is 128 cm³/mol. The van der Waals surface area contributed by atoms with Crippen LogP contribution in [0.3, 0.4) is 0 Å². The smallest absolute Gasteiger partial charge is 0.412 e. The van der Waals surface area contributed by atoms with Crippen LogP contribution in [0.25, 0.3) is 17.0 Å². The second-order valence-corrected chi connectivity index (χ2v) is 15.7. The van der Waals surface area contributed by atoms with Crippen molar-refractivity contribution in [3.8, 4) is 0 Å². The predicted octanol–water partition coefficient (Wildman–Crippen LogP) is 4.95. The number of rotatable bonds is 8. The molecule has 32 heavy (non-hydrogen) atoms. The third-order valence-corrected chi connectivity index (χ3v) is 6.59. The molecule has 2 aromatic rings. The number of carbonyl (C=O) groups excluding carboxylic acids is 1. The minimum absolute atomic E-state index is 0.0478. The van der Waals surface area contributed by atoms with E-state index in [0.29, 0.717) is 18.9 Å². The summed E-state index contributed by atoms with van der Waals surface area (Å²) in [5, 5.41) is 15.2. The Kier molecular flexibility index (Phi) is 7.90. The Morgan fingerprint density at radius 2 is 1.91 bits per heavy atom. The van der Waals surface area contributed by atoms with Gasteiger partial charge in [0.25, 0.3) is 0 Å². The first kappa shape index (κ1) is 25.6. The first-order chi connectivity index (χ1) is 14.7. The summed E-state index contributed by atoms with van der Waals surface area (Å²) in [6, 6.07) is 4.84. The largest absolute Gasteiger partial charge is 0.465 e. The molecule has 0 aliphatic carbocycles. The van der Waals surface area contributed by atoms with Crippen molar-refractivity contribution >= 4 is 37.1 Å². The molecule has 176 valence electrons. The molecule has 1 N–H and O–H groups in total. The van der Waals surface area contributed by atoms with Crippen LogP contribution in [0.5, 0.6) is 0 Å². The Hall–Kier alpha value is -2.65. The number of hydrogen-bond donors (Lipinski definition) is 1. The van der Waals surface area contributed by atoms with Gasteiger partial charge in [-0.25, -0.2) is 14.3 Å². The van der Waals surface area contributed by atoms with Crippen molar-refractivity contribution in [2.45, 2.75) is 65.6 Å². The number of benzene rings is 1. The number of aromatic nitrogens is 2. The summed E-state index contributed by atoms with van der Waals surface area (Å²) < 4.78 is 12.4. The van der Waals surface area contributed by atoms with Gasteiger partial charge in [-0.2, -0.15) is 5.10 Å². The van der Waals surface area contributed by atoms with Gasteiger partial charge in [-0.3, -0.25) is 4.90 Å². The lowest BCUT2D eigenvalue weighted by Gasteiger charge is -2.33. The molecular weight excluding hydrogens is 426 g/mol. The molecule has 0 bridgehead atoms. The Morgan fingerprint density at radius 1 is 1.25 bits per heavy atom. The number of fused-ring (bicyclic) bond motifs is 1. The van der Waals surface area contributed by atoms with Gasteiger partial charge in [-0.15, -0.1) is 0 Å². The van der Waals surface area contributed by atoms with Gasteiger partial charge in [-0.1, -0.05) is 19.6 Å². The van der Waals surface area contributed by atoms with Crippen molar-refractivity contribution in [3.05, 3.63) is 35.2 Å². The fourth-order valence-electron chi connectivity index (χ4n) is 3.30. The van der Waals surface area contributed by atoms with E-state index >= 15 is 0 Å². The first-order valence-corrected chi connectivity index (χ1v) is 14.3. The van der Waals surface area contributed by atoms with Crippen LogP contribution < -0.4 is 0 Å². The Labute approximate surface area is 190 Å². The van der Waals surface area contributed by atoms with Crippen molar-refractivity contribution in [1.29, 1.82) is 0 Å². The van der Waals surface area contributed by atoms with Crippen molar-refractivity contribution in [2.75, 3.05) is 13.7 Å². The van der Waals surface area contributed by atoms with Crippen LogP contribution in [-0.4, -0.2) is 59.2 Å². The minimum atomic E-state index is -1.23. The summed E-state index contributed by atoms with van der Waals surface area (Å²) in [6.07, 6.45) is 2.21. The standard InChI is InChI=1S/C23H35N3O5Si/c1-16-11-17(13-19(21(27)30-5)26(22(28)29)23(2,3)4)12-18-14-25(24-20(16)18)15-31-9-10-32(6,7)8/h11-14H,9-10,15H2,1-8H3,(H,28,29). The van der Waals surface area contributed by atoms with E-state index in [-0.39, 0.29) is 5.70 Å². The highest BCUT2D eigenvalue weighted by Gasteiger charge is 2.33. The SMILES string of the molecule is COC(=O)C(=Cc1cc(C)c2nn(COCC[Si](C)(C)C)cc2c1)N(C(=O)O)C(C)(C)C. The summed E-state index contributed by atoms with van der Waals surface area (Å²) in [5.41, 5.74) is 1.56. The summed E-state index contributed by atoms with van der Waals surface area (Å²) in [7, 11) is 0.0880. The zero-order valence-electron chi connectivity index (χ0n) is 20.4. The number of aryl methyl sites for hydroxylation is 1. The average Bonchev–Trinajstić information content (AvgIpc) is 3.05. The highest BCUT2D eigenvalue weighted by molar-refractivity contribution is 6.76. The molecule has 0 spiro atoms. The second-order valence-electron chi connectivity index (χ2n) is 10.1. The molecule has 2 rings (SSSR count). The second kappa shape index (κ2) is 9.87. The molecule has 1 aromatic heterocycles. The van der Waals surface area contributed by atoms with Gasteiger partial charge >= 0.3 is 12.1 Å². The van der Waals surface area contributed by atoms with Crippen molar-refractivity contribution in [1.82, 2.24) is 14.7 Å². The van der Waals surface area contributed by atoms with E-state index in [1.807, 2.05) is 25.3 Å². The highest BCUT2D eigenvalue weighted by atomic mass is 28.3. The van der Waals surface area contributed by atoms with Crippen LogP contribution in [0.15, 0.2) is 24.0 Å². The molecule has 1 heterocycles.